The van der Waals surface area contributed by atoms with Crippen molar-refractivity contribution in [2.45, 2.75) is 26.2 Å². The Bertz CT molecular complexity index is 364. The Balaban J connectivity index is 3.20. The van der Waals surface area contributed by atoms with Crippen LogP contribution in [0.1, 0.15) is 30.4 Å². The monoisotopic (exact) mass is 228 g/mol. The van der Waals surface area contributed by atoms with Gasteiger partial charge in [0.25, 0.3) is 0 Å². The lowest BCUT2D eigenvalue weighted by Crippen LogP contribution is -2.10. The molecule has 1 aromatic carbocycles. The molecule has 82 valence electrons. The van der Waals surface area contributed by atoms with Crippen molar-refractivity contribution < 1.29 is 15.0 Å². The number of carbonyl (C=O) groups is 1. The Hall–Kier alpha value is -1.22. The third-order valence-corrected chi connectivity index (χ3v) is 2.84. The second-order valence-corrected chi connectivity index (χ2v) is 3.85. The molecule has 0 saturated carbocycles. The molecule has 1 aromatic rings. The van der Waals surface area contributed by atoms with Gasteiger partial charge in [-0.2, -0.15) is 0 Å². The highest BCUT2D eigenvalue weighted by Gasteiger charge is 2.19. The number of aliphatic carboxylic acids is 1. The average molecular weight is 229 g/mol. The third-order valence-electron chi connectivity index (χ3n) is 2.45. The molecule has 0 aromatic heterocycles. The van der Waals surface area contributed by atoms with Gasteiger partial charge in [-0.3, -0.25) is 4.79 Å². The summed E-state index contributed by atoms with van der Waals surface area (Å²) in [6.45, 7) is 3.47. The van der Waals surface area contributed by atoms with Crippen LogP contribution in [0.5, 0.6) is 5.75 Å². The second kappa shape index (κ2) is 4.53. The number of aromatic hydroxyl groups is 1. The molecule has 15 heavy (non-hydrogen) atoms. The van der Waals surface area contributed by atoms with Crippen LogP contribution in [0.25, 0.3) is 0 Å². The van der Waals surface area contributed by atoms with E-state index < -0.39 is 11.9 Å². The molecule has 0 aliphatic rings. The van der Waals surface area contributed by atoms with Crippen molar-refractivity contribution in [2.24, 2.45) is 0 Å². The molecular formula is C11H13ClO3. The van der Waals surface area contributed by atoms with Crippen LogP contribution in [0.3, 0.4) is 0 Å². The largest absolute Gasteiger partial charge is 0.508 e. The molecule has 1 unspecified atom stereocenters. The third kappa shape index (κ3) is 2.42. The molecule has 0 saturated heterocycles. The van der Waals surface area contributed by atoms with Crippen LogP contribution >= 0.6 is 11.6 Å². The van der Waals surface area contributed by atoms with E-state index in [1.807, 2.05) is 0 Å². The minimum absolute atomic E-state index is 0.0391. The van der Waals surface area contributed by atoms with E-state index in [9.17, 15) is 9.90 Å². The van der Waals surface area contributed by atoms with Crippen molar-refractivity contribution in [1.82, 2.24) is 0 Å². The molecule has 0 aliphatic carbocycles. The minimum Gasteiger partial charge on any atom is -0.508 e. The minimum atomic E-state index is -0.906. The van der Waals surface area contributed by atoms with E-state index in [-0.39, 0.29) is 5.75 Å². The first-order chi connectivity index (χ1) is 6.97. The van der Waals surface area contributed by atoms with Gasteiger partial charge in [0.2, 0.25) is 0 Å². The molecule has 0 bridgehead atoms. The zero-order valence-corrected chi connectivity index (χ0v) is 9.38. The summed E-state index contributed by atoms with van der Waals surface area (Å²) < 4.78 is 0. The average Bonchev–Trinajstić information content (AvgIpc) is 2.14. The summed E-state index contributed by atoms with van der Waals surface area (Å²) in [6, 6.07) is 3.06. The molecule has 0 spiro atoms. The van der Waals surface area contributed by atoms with E-state index in [4.69, 9.17) is 16.7 Å². The Morgan fingerprint density at radius 3 is 2.53 bits per heavy atom. The van der Waals surface area contributed by atoms with Crippen LogP contribution in [0, 0.1) is 6.92 Å². The molecule has 0 amide bonds. The summed E-state index contributed by atoms with van der Waals surface area (Å²) in [4.78, 5) is 10.9. The summed E-state index contributed by atoms with van der Waals surface area (Å²) in [5.41, 5.74) is 1.11. The molecule has 0 heterocycles. The Labute approximate surface area is 93.3 Å². The van der Waals surface area contributed by atoms with Gasteiger partial charge in [-0.05, 0) is 31.0 Å². The first-order valence-corrected chi connectivity index (χ1v) is 5.07. The number of benzene rings is 1. The standard InChI is InChI=1S/C11H13ClO3/c1-3-8(11(14)15)7-4-9(12)6(2)10(13)5-7/h4-5,8,13H,3H2,1-2H3,(H,14,15). The second-order valence-electron chi connectivity index (χ2n) is 3.45. The zero-order valence-electron chi connectivity index (χ0n) is 8.62. The van der Waals surface area contributed by atoms with Crippen LogP contribution in [-0.4, -0.2) is 16.2 Å². The Morgan fingerprint density at radius 1 is 1.53 bits per heavy atom. The lowest BCUT2D eigenvalue weighted by molar-refractivity contribution is -0.138. The molecule has 0 radical (unpaired) electrons. The van der Waals surface area contributed by atoms with Gasteiger partial charge in [0.05, 0.1) is 5.92 Å². The Kier molecular flexibility index (Phi) is 3.58. The number of hydrogen-bond acceptors (Lipinski definition) is 2. The molecule has 1 atom stereocenters. The van der Waals surface area contributed by atoms with Crippen LogP contribution in [0.2, 0.25) is 5.02 Å². The molecule has 1 rings (SSSR count). The highest BCUT2D eigenvalue weighted by atomic mass is 35.5. The van der Waals surface area contributed by atoms with Gasteiger partial charge in [-0.1, -0.05) is 18.5 Å². The maximum Gasteiger partial charge on any atom is 0.310 e. The molecule has 4 heteroatoms. The van der Waals surface area contributed by atoms with Crippen molar-refractivity contribution in [3.63, 3.8) is 0 Å². The molecular weight excluding hydrogens is 216 g/mol. The quantitative estimate of drug-likeness (QED) is 0.836. The molecule has 3 nitrogen and oxygen atoms in total. The summed E-state index contributed by atoms with van der Waals surface area (Å²) in [5.74, 6) is -1.48. The van der Waals surface area contributed by atoms with Crippen molar-refractivity contribution >= 4 is 17.6 Å². The summed E-state index contributed by atoms with van der Waals surface area (Å²) in [7, 11) is 0. The number of phenolic OH excluding ortho intramolecular Hbond substituents is 1. The zero-order chi connectivity index (χ0) is 11.6. The first-order valence-electron chi connectivity index (χ1n) is 4.69. The van der Waals surface area contributed by atoms with Gasteiger partial charge in [0.1, 0.15) is 5.75 Å². The van der Waals surface area contributed by atoms with E-state index in [2.05, 4.69) is 0 Å². The van der Waals surface area contributed by atoms with E-state index in [1.54, 1.807) is 19.9 Å². The van der Waals surface area contributed by atoms with Crippen molar-refractivity contribution in [3.8, 4) is 5.75 Å². The van der Waals surface area contributed by atoms with Crippen molar-refractivity contribution in [3.05, 3.63) is 28.3 Å². The maximum atomic E-state index is 10.9. The van der Waals surface area contributed by atoms with Crippen LogP contribution < -0.4 is 0 Å². The fraction of sp³-hybridized carbons (Fsp3) is 0.364. The van der Waals surface area contributed by atoms with E-state index in [0.29, 0.717) is 22.6 Å². The number of halogens is 1. The van der Waals surface area contributed by atoms with Crippen LogP contribution in [-0.2, 0) is 4.79 Å². The predicted molar refractivity (Wildman–Crippen MR) is 58.5 cm³/mol. The molecule has 2 N–H and O–H groups in total. The summed E-state index contributed by atoms with van der Waals surface area (Å²) >= 11 is 5.87. The van der Waals surface area contributed by atoms with Gasteiger partial charge in [0, 0.05) is 10.6 Å². The van der Waals surface area contributed by atoms with Gasteiger partial charge in [0.15, 0.2) is 0 Å². The number of rotatable bonds is 3. The fourth-order valence-corrected chi connectivity index (χ4v) is 1.66. The van der Waals surface area contributed by atoms with E-state index >= 15 is 0 Å². The summed E-state index contributed by atoms with van der Waals surface area (Å²) in [6.07, 6.45) is 0.466. The molecule has 0 aliphatic heterocycles. The van der Waals surface area contributed by atoms with E-state index in [1.165, 1.54) is 6.07 Å². The maximum absolute atomic E-state index is 10.9. The van der Waals surface area contributed by atoms with Gasteiger partial charge in [-0.15, -0.1) is 0 Å². The normalized spacial score (nSPS) is 12.5. The molecule has 0 fully saturated rings. The summed E-state index contributed by atoms with van der Waals surface area (Å²) in [5, 5.41) is 18.9. The van der Waals surface area contributed by atoms with Gasteiger partial charge >= 0.3 is 5.97 Å². The number of carboxylic acids is 1. The van der Waals surface area contributed by atoms with Crippen molar-refractivity contribution in [2.75, 3.05) is 0 Å². The van der Waals surface area contributed by atoms with Crippen LogP contribution in [0.15, 0.2) is 12.1 Å². The first kappa shape index (κ1) is 11.9. The van der Waals surface area contributed by atoms with E-state index in [0.717, 1.165) is 0 Å². The smallest absolute Gasteiger partial charge is 0.310 e. The lowest BCUT2D eigenvalue weighted by atomic mass is 9.95. The Morgan fingerprint density at radius 2 is 2.13 bits per heavy atom. The topological polar surface area (TPSA) is 57.5 Å². The van der Waals surface area contributed by atoms with Crippen LogP contribution in [0.4, 0.5) is 0 Å². The van der Waals surface area contributed by atoms with Crippen molar-refractivity contribution in [1.29, 1.82) is 0 Å². The SMILES string of the molecule is CCC(C(=O)O)c1cc(O)c(C)c(Cl)c1. The number of hydrogen-bond donors (Lipinski definition) is 2. The van der Waals surface area contributed by atoms with Gasteiger partial charge in [-0.25, -0.2) is 0 Å². The highest BCUT2D eigenvalue weighted by molar-refractivity contribution is 6.31. The van der Waals surface area contributed by atoms with Gasteiger partial charge < -0.3 is 10.2 Å². The predicted octanol–water partition coefficient (Wildman–Crippen LogP) is 2.93. The number of phenols is 1. The highest BCUT2D eigenvalue weighted by Crippen LogP contribution is 2.31. The number of carboxylic acid groups (broad SMARTS) is 1. The fourth-order valence-electron chi connectivity index (χ4n) is 1.44. The lowest BCUT2D eigenvalue weighted by Gasteiger charge is -2.12.